The number of imidazole rings is 1. The molecular formula is C29H27N7O3. The van der Waals surface area contributed by atoms with Crippen LogP contribution in [0.15, 0.2) is 77.4 Å². The minimum Gasteiger partial charge on any atom is -0.457 e. The summed E-state index contributed by atoms with van der Waals surface area (Å²) in [6.45, 7) is 0.835. The van der Waals surface area contributed by atoms with Crippen LogP contribution in [0.3, 0.4) is 0 Å². The first-order valence-electron chi connectivity index (χ1n) is 13.0. The van der Waals surface area contributed by atoms with E-state index < -0.39 is 0 Å². The number of allylic oxidation sites excluding steroid dienone is 1. The van der Waals surface area contributed by atoms with Gasteiger partial charge in [0.1, 0.15) is 35.0 Å². The molecule has 2 aromatic heterocycles. The average molecular weight is 522 g/mol. The fourth-order valence-electron chi connectivity index (χ4n) is 5.10. The highest BCUT2D eigenvalue weighted by Crippen LogP contribution is 2.32. The molecule has 4 aromatic rings. The van der Waals surface area contributed by atoms with Gasteiger partial charge >= 0.3 is 5.69 Å². The van der Waals surface area contributed by atoms with Crippen LogP contribution in [0.2, 0.25) is 0 Å². The fourth-order valence-corrected chi connectivity index (χ4v) is 5.10. The van der Waals surface area contributed by atoms with Gasteiger partial charge in [-0.25, -0.2) is 14.8 Å². The summed E-state index contributed by atoms with van der Waals surface area (Å²) < 4.78 is 9.01. The smallest absolute Gasteiger partial charge is 0.335 e. The number of nitriles is 1. The summed E-state index contributed by atoms with van der Waals surface area (Å²) in [4.78, 5) is 37.3. The molecule has 6 rings (SSSR count). The van der Waals surface area contributed by atoms with E-state index in [2.05, 4.69) is 16.0 Å². The number of aromatic nitrogens is 4. The summed E-state index contributed by atoms with van der Waals surface area (Å²) in [6, 6.07) is 18.3. The molecule has 1 aliphatic carbocycles. The Labute approximate surface area is 224 Å². The number of ether oxygens (including phenoxy) is 1. The molecule has 39 heavy (non-hydrogen) atoms. The van der Waals surface area contributed by atoms with Crippen molar-refractivity contribution in [2.75, 3.05) is 18.8 Å². The van der Waals surface area contributed by atoms with Crippen molar-refractivity contribution >= 4 is 22.9 Å². The minimum absolute atomic E-state index is 0.178. The van der Waals surface area contributed by atoms with E-state index in [1.54, 1.807) is 39.8 Å². The number of nitrogens with zero attached hydrogens (tertiary/aromatic N) is 6. The number of anilines is 1. The number of carbonyl (C=O) groups excluding carboxylic acids is 1. The minimum atomic E-state index is -0.324. The van der Waals surface area contributed by atoms with E-state index in [0.717, 1.165) is 12.8 Å². The Hall–Kier alpha value is -4.91. The van der Waals surface area contributed by atoms with Crippen molar-refractivity contribution in [3.8, 4) is 23.3 Å². The number of fused-ring (bicyclic) bond motifs is 1. The van der Waals surface area contributed by atoms with Crippen LogP contribution in [0.1, 0.15) is 31.7 Å². The molecule has 1 saturated heterocycles. The number of hydrogen-bond acceptors (Lipinski definition) is 7. The number of hydrogen-bond donors (Lipinski definition) is 1. The van der Waals surface area contributed by atoms with E-state index in [-0.39, 0.29) is 29.0 Å². The zero-order valence-corrected chi connectivity index (χ0v) is 21.2. The fraction of sp³-hybridized carbons (Fsp3) is 0.276. The van der Waals surface area contributed by atoms with E-state index >= 15 is 0 Å². The van der Waals surface area contributed by atoms with Gasteiger partial charge in [0.15, 0.2) is 11.5 Å². The Kier molecular flexibility index (Phi) is 6.32. The summed E-state index contributed by atoms with van der Waals surface area (Å²) in [7, 11) is 0. The van der Waals surface area contributed by atoms with Crippen LogP contribution >= 0.6 is 0 Å². The van der Waals surface area contributed by atoms with Crippen LogP contribution in [-0.2, 0) is 4.79 Å². The molecule has 1 atom stereocenters. The summed E-state index contributed by atoms with van der Waals surface area (Å²) in [5.41, 5.74) is 7.54. The van der Waals surface area contributed by atoms with Crippen LogP contribution in [0.5, 0.6) is 11.5 Å². The molecule has 2 N–H and O–H groups in total. The number of carbonyl (C=O) groups is 1. The molecule has 2 fully saturated rings. The molecule has 10 nitrogen and oxygen atoms in total. The third kappa shape index (κ3) is 4.75. The van der Waals surface area contributed by atoms with Gasteiger partial charge in [-0.1, -0.05) is 24.3 Å². The lowest BCUT2D eigenvalue weighted by Crippen LogP contribution is -2.43. The van der Waals surface area contributed by atoms with Gasteiger partial charge in [0, 0.05) is 13.1 Å². The van der Waals surface area contributed by atoms with Crippen molar-refractivity contribution in [1.29, 1.82) is 5.26 Å². The largest absolute Gasteiger partial charge is 0.457 e. The van der Waals surface area contributed by atoms with Crippen LogP contribution in [0.4, 0.5) is 5.82 Å². The summed E-state index contributed by atoms with van der Waals surface area (Å²) >= 11 is 0. The van der Waals surface area contributed by atoms with Crippen molar-refractivity contribution in [3.63, 3.8) is 0 Å². The molecule has 2 aliphatic rings. The predicted octanol–water partition coefficient (Wildman–Crippen LogP) is 3.98. The highest BCUT2D eigenvalue weighted by atomic mass is 16.5. The van der Waals surface area contributed by atoms with Crippen molar-refractivity contribution in [3.05, 3.63) is 83.1 Å². The molecule has 0 radical (unpaired) electrons. The van der Waals surface area contributed by atoms with Gasteiger partial charge < -0.3 is 15.4 Å². The first kappa shape index (κ1) is 24.4. The zero-order chi connectivity index (χ0) is 26.9. The maximum absolute atomic E-state index is 13.9. The van der Waals surface area contributed by atoms with Gasteiger partial charge in [-0.15, -0.1) is 0 Å². The van der Waals surface area contributed by atoms with E-state index in [0.29, 0.717) is 60.2 Å². The molecule has 0 unspecified atom stereocenters. The van der Waals surface area contributed by atoms with Crippen molar-refractivity contribution in [1.82, 2.24) is 24.0 Å². The maximum Gasteiger partial charge on any atom is 0.335 e. The van der Waals surface area contributed by atoms with E-state index in [4.69, 9.17) is 10.5 Å². The van der Waals surface area contributed by atoms with Gasteiger partial charge in [-0.05, 0) is 68.0 Å². The highest BCUT2D eigenvalue weighted by Gasteiger charge is 2.32. The molecular weight excluding hydrogens is 494 g/mol. The Balaban J connectivity index is 1.34. The van der Waals surface area contributed by atoms with Crippen LogP contribution in [-0.4, -0.2) is 43.0 Å². The van der Waals surface area contributed by atoms with Crippen LogP contribution < -0.4 is 16.2 Å². The van der Waals surface area contributed by atoms with Gasteiger partial charge in [0.2, 0.25) is 0 Å². The van der Waals surface area contributed by atoms with Crippen molar-refractivity contribution in [2.45, 2.75) is 31.7 Å². The number of nitrogens with two attached hydrogens (primary N) is 1. The standard InChI is InChI=1S/C29H27N7O3/c30-16-20(15-19-8-9-19)28(37)34-14-4-5-22(17-34)36-27-25(26(31)32-18-33-27)35(29(36)38)21-10-12-24(13-11-21)39-23-6-2-1-3-7-23/h1-3,6-7,10-13,15,18-19,22H,4-5,8-9,14,17H2,(H2,31,32,33)/t22-/m0/s1. The Bertz CT molecular complexity index is 1660. The third-order valence-corrected chi connectivity index (χ3v) is 7.18. The molecule has 10 heteroatoms. The Morgan fingerprint density at radius 2 is 1.79 bits per heavy atom. The number of likely N-dealkylation sites (tertiary alicyclic amines) is 1. The number of rotatable bonds is 6. The molecule has 2 aromatic carbocycles. The highest BCUT2D eigenvalue weighted by molar-refractivity contribution is 5.97. The van der Waals surface area contributed by atoms with Crippen molar-refractivity contribution in [2.24, 2.45) is 5.92 Å². The predicted molar refractivity (Wildman–Crippen MR) is 145 cm³/mol. The second kappa shape index (κ2) is 10.1. The summed E-state index contributed by atoms with van der Waals surface area (Å²) in [5.74, 6) is 1.55. The zero-order valence-electron chi connectivity index (χ0n) is 21.2. The number of para-hydroxylation sites is 1. The van der Waals surface area contributed by atoms with Crippen LogP contribution in [0.25, 0.3) is 16.9 Å². The molecule has 1 amide bonds. The average Bonchev–Trinajstić information content (AvgIpc) is 3.73. The number of benzene rings is 2. The number of amides is 1. The molecule has 3 heterocycles. The van der Waals surface area contributed by atoms with Gasteiger partial charge in [-0.3, -0.25) is 13.9 Å². The first-order valence-corrected chi connectivity index (χ1v) is 13.0. The quantitative estimate of drug-likeness (QED) is 0.300. The number of piperidine rings is 1. The number of nitrogen functional groups attached to an aromatic ring is 1. The Morgan fingerprint density at radius 1 is 1.05 bits per heavy atom. The molecule has 1 aliphatic heterocycles. The van der Waals surface area contributed by atoms with E-state index in [9.17, 15) is 14.9 Å². The van der Waals surface area contributed by atoms with Gasteiger partial charge in [0.25, 0.3) is 5.91 Å². The third-order valence-electron chi connectivity index (χ3n) is 7.18. The van der Waals surface area contributed by atoms with Crippen LogP contribution in [0, 0.1) is 17.2 Å². The lowest BCUT2D eigenvalue weighted by molar-refractivity contribution is -0.128. The molecule has 0 bridgehead atoms. The van der Waals surface area contributed by atoms with E-state index in [1.165, 1.54) is 10.9 Å². The molecule has 0 spiro atoms. The van der Waals surface area contributed by atoms with E-state index in [1.807, 2.05) is 30.3 Å². The second-order valence-electron chi connectivity index (χ2n) is 9.90. The lowest BCUT2D eigenvalue weighted by atomic mass is 10.0. The first-order chi connectivity index (χ1) is 19.0. The molecule has 1 saturated carbocycles. The molecule has 196 valence electrons. The normalized spacial score (nSPS) is 17.7. The lowest BCUT2D eigenvalue weighted by Gasteiger charge is -2.33. The topological polar surface area (TPSA) is 132 Å². The monoisotopic (exact) mass is 521 g/mol. The summed E-state index contributed by atoms with van der Waals surface area (Å²) in [5, 5.41) is 9.57. The SMILES string of the molecule is N#CC(=CC1CC1)C(=O)N1CCC[C@H](n2c(=O)n(-c3ccc(Oc4ccccc4)cc3)c3c(N)ncnc32)C1. The second-order valence-corrected chi connectivity index (χ2v) is 9.90. The van der Waals surface area contributed by atoms with Gasteiger partial charge in [-0.2, -0.15) is 5.26 Å². The summed E-state index contributed by atoms with van der Waals surface area (Å²) in [6.07, 6.45) is 6.53. The van der Waals surface area contributed by atoms with Gasteiger partial charge in [0.05, 0.1) is 11.7 Å². The maximum atomic E-state index is 13.9. The Morgan fingerprint density at radius 3 is 2.51 bits per heavy atom. The van der Waals surface area contributed by atoms with Crippen molar-refractivity contribution < 1.29 is 9.53 Å².